The molecule has 0 aliphatic carbocycles. The third-order valence-corrected chi connectivity index (χ3v) is 5.34. The van der Waals surface area contributed by atoms with Crippen molar-refractivity contribution in [2.75, 3.05) is 5.32 Å². The van der Waals surface area contributed by atoms with E-state index >= 15 is 0 Å². The number of nitrogens with one attached hydrogen (secondary N) is 1. The fourth-order valence-corrected chi connectivity index (χ4v) is 3.65. The Morgan fingerprint density at radius 3 is 1.79 bits per heavy atom. The second-order valence-electron chi connectivity index (χ2n) is 7.68. The number of carbonyl (C=O) groups excluding carboxylic acids is 2. The molecule has 0 atom stereocenters. The second-order valence-corrected chi connectivity index (χ2v) is 14.7. The van der Waals surface area contributed by atoms with Crippen LogP contribution in [0.25, 0.3) is 21.8 Å². The lowest BCUT2D eigenvalue weighted by atomic mass is 10.1. The van der Waals surface area contributed by atoms with Crippen LogP contribution in [-0.4, -0.2) is 21.0 Å². The molecule has 216 valence electrons. The van der Waals surface area contributed by atoms with Crippen molar-refractivity contribution < 1.29 is 24.0 Å². The minimum absolute atomic E-state index is 0.0151. The van der Waals surface area contributed by atoms with E-state index < -0.39 is 15.0 Å². The van der Waals surface area contributed by atoms with Gasteiger partial charge >= 0.3 is 11.4 Å². The van der Waals surface area contributed by atoms with Gasteiger partial charge in [0.25, 0.3) is 11.4 Å². The van der Waals surface area contributed by atoms with Crippen LogP contribution in [0.5, 0.6) is 0 Å². The maximum atomic E-state index is 10.7. The first-order chi connectivity index (χ1) is 19.8. The highest BCUT2D eigenvalue weighted by atomic mass is 36.0. The van der Waals surface area contributed by atoms with Crippen LogP contribution >= 0.6 is 50.5 Å². The van der Waals surface area contributed by atoms with Crippen molar-refractivity contribution in [1.29, 1.82) is 0 Å². The van der Waals surface area contributed by atoms with Crippen molar-refractivity contribution in [3.8, 4) is 0 Å². The molecule has 1 heterocycles. The summed E-state index contributed by atoms with van der Waals surface area (Å²) in [6.07, 6.45) is 0.250. The van der Waals surface area contributed by atoms with Gasteiger partial charge in [0.15, 0.2) is 0 Å². The van der Waals surface area contributed by atoms with Gasteiger partial charge in [-0.2, -0.15) is 9.59 Å². The van der Waals surface area contributed by atoms with Crippen LogP contribution in [0.15, 0.2) is 97.1 Å². The molecule has 0 aliphatic heterocycles. The lowest BCUT2D eigenvalue weighted by Crippen LogP contribution is -1.92. The Labute approximate surface area is 257 Å². The second kappa shape index (κ2) is 16.4. The van der Waals surface area contributed by atoms with Crippen LogP contribution in [0, 0.1) is 20.2 Å². The van der Waals surface area contributed by atoms with E-state index in [2.05, 4.69) is 44.0 Å². The van der Waals surface area contributed by atoms with E-state index in [0.29, 0.717) is 16.2 Å². The number of nitrogens with zero attached hydrogens (tertiary/aromatic N) is 3. The zero-order valence-corrected chi connectivity index (χ0v) is 24.8. The number of hydrogen-bond acceptors (Lipinski definition) is 9. The topological polar surface area (TPSA) is 162 Å². The van der Waals surface area contributed by atoms with E-state index in [9.17, 15) is 24.8 Å². The van der Waals surface area contributed by atoms with Crippen LogP contribution in [0.4, 0.5) is 22.7 Å². The minimum atomic E-state index is -3.22. The molecular formula is C26H17Cl4N4O7P. The Hall–Kier alpha value is -4.08. The first-order valence-corrected chi connectivity index (χ1v) is 16.0. The average molecular weight is 670 g/mol. The average Bonchev–Trinajstić information content (AvgIpc) is 2.93. The molecule has 0 saturated heterocycles. The van der Waals surface area contributed by atoms with Gasteiger partial charge in [-0.3, -0.25) is 24.8 Å². The van der Waals surface area contributed by atoms with Crippen LogP contribution in [0.3, 0.4) is 0 Å². The van der Waals surface area contributed by atoms with E-state index in [1.807, 2.05) is 54.6 Å². The van der Waals surface area contributed by atoms with Crippen LogP contribution in [-0.2, 0) is 14.2 Å². The zero-order chi connectivity index (χ0) is 31.3. The zero-order valence-electron chi connectivity index (χ0n) is 20.9. The maximum Gasteiger partial charge on any atom is 0.373 e. The van der Waals surface area contributed by atoms with Crippen LogP contribution in [0.1, 0.15) is 0 Å². The lowest BCUT2D eigenvalue weighted by molar-refractivity contribution is -0.384. The summed E-state index contributed by atoms with van der Waals surface area (Å²) < 4.78 is 9.51. The highest BCUT2D eigenvalue weighted by Gasteiger charge is 2.11. The van der Waals surface area contributed by atoms with Gasteiger partial charge in [0.05, 0.1) is 25.9 Å². The smallest absolute Gasteiger partial charge is 0.355 e. The van der Waals surface area contributed by atoms with Crippen molar-refractivity contribution in [1.82, 2.24) is 4.98 Å². The molecule has 0 fully saturated rings. The third-order valence-electron chi connectivity index (χ3n) is 4.93. The van der Waals surface area contributed by atoms with E-state index in [1.165, 1.54) is 24.3 Å². The fraction of sp³-hybridized carbons (Fsp3) is 0. The number of benzene rings is 4. The molecule has 42 heavy (non-hydrogen) atoms. The van der Waals surface area contributed by atoms with Gasteiger partial charge < -0.3 is 5.32 Å². The van der Waals surface area contributed by atoms with Crippen molar-refractivity contribution in [3.05, 3.63) is 122 Å². The van der Waals surface area contributed by atoms with Gasteiger partial charge in [-0.1, -0.05) is 54.1 Å². The predicted octanol–water partition coefficient (Wildman–Crippen LogP) is 9.52. The number of nitro benzene ring substituents is 2. The number of nitro groups is 2. The van der Waals surface area contributed by atoms with E-state index in [4.69, 9.17) is 21.2 Å². The van der Waals surface area contributed by atoms with Crippen molar-refractivity contribution in [3.63, 3.8) is 0 Å². The molecule has 0 amide bonds. The van der Waals surface area contributed by atoms with Gasteiger partial charge in [0.2, 0.25) is 0 Å². The lowest BCUT2D eigenvalue weighted by Gasteiger charge is -2.05. The molecule has 5 aromatic rings. The number of rotatable bonds is 4. The number of anilines is 2. The third kappa shape index (κ3) is 11.4. The normalized spacial score (nSPS) is 10.0. The van der Waals surface area contributed by atoms with Crippen molar-refractivity contribution in [2.24, 2.45) is 0 Å². The molecule has 16 heteroatoms. The van der Waals surface area contributed by atoms with Gasteiger partial charge in [-0.25, -0.2) is 4.98 Å². The number of non-ortho nitro benzene ring substituents is 2. The monoisotopic (exact) mass is 668 g/mol. The summed E-state index contributed by atoms with van der Waals surface area (Å²) in [5.41, 5.74) is 2.98. The summed E-state index contributed by atoms with van der Waals surface area (Å²) in [6, 6.07) is 27.9. The molecule has 0 unspecified atom stereocenters. The van der Waals surface area contributed by atoms with E-state index in [-0.39, 0.29) is 17.5 Å². The quantitative estimate of drug-likeness (QED) is 0.0849. The molecule has 0 spiro atoms. The van der Waals surface area contributed by atoms with Crippen molar-refractivity contribution >= 4 is 101 Å². The Bertz CT molecular complexity index is 1780. The number of para-hydroxylation sites is 2. The molecule has 11 nitrogen and oxygen atoms in total. The number of hydrogen-bond donors (Lipinski definition) is 1. The van der Waals surface area contributed by atoms with E-state index in [0.717, 1.165) is 22.0 Å². The molecular weight excluding hydrogens is 653 g/mol. The molecule has 5 rings (SSSR count). The SMILES string of the molecule is O=C=O.O=P(Cl)(Cl)Cl.O=[N+]([O-])c1ccc2c(Cl)c3ccccc3nc2c1.O=[N+]([O-])c1cccc(Nc2ccccc2)c1. The summed E-state index contributed by atoms with van der Waals surface area (Å²) >= 11 is 20.1. The minimum Gasteiger partial charge on any atom is -0.355 e. The van der Waals surface area contributed by atoms with Gasteiger partial charge in [-0.05, 0) is 64.1 Å². The summed E-state index contributed by atoms with van der Waals surface area (Å²) in [4.78, 5) is 41.1. The highest BCUT2D eigenvalue weighted by molar-refractivity contribution is 8.24. The van der Waals surface area contributed by atoms with Crippen molar-refractivity contribution in [2.45, 2.75) is 0 Å². The number of aromatic nitrogens is 1. The summed E-state index contributed by atoms with van der Waals surface area (Å²) in [5, 5.41) is 23.3. The standard InChI is InChI=1S/C13H7ClN2O2.C12H10N2O2.CO2.Cl3OP/c14-13-9-3-1-2-4-11(9)15-12-7-8(16(17)18)5-6-10(12)13;15-14(16)12-8-4-7-11(9-12)13-10-5-2-1-3-6-10;2-1-3;1-5(2,3)4/h1-7H;1-9,13H;;. The summed E-state index contributed by atoms with van der Waals surface area (Å²) in [7, 11) is 0. The van der Waals surface area contributed by atoms with Crippen LogP contribution in [0.2, 0.25) is 5.02 Å². The number of halogens is 4. The maximum absolute atomic E-state index is 10.7. The van der Waals surface area contributed by atoms with E-state index in [1.54, 1.807) is 18.2 Å². The Morgan fingerprint density at radius 2 is 1.19 bits per heavy atom. The molecule has 4 aromatic carbocycles. The van der Waals surface area contributed by atoms with Gasteiger partial charge in [0, 0.05) is 46.4 Å². The summed E-state index contributed by atoms with van der Waals surface area (Å²) in [5.74, 6) is 0. The summed E-state index contributed by atoms with van der Waals surface area (Å²) in [6.45, 7) is 0. The highest BCUT2D eigenvalue weighted by Crippen LogP contribution is 2.61. The van der Waals surface area contributed by atoms with Gasteiger partial charge in [0.1, 0.15) is 0 Å². The molecule has 1 N–H and O–H groups in total. The largest absolute Gasteiger partial charge is 0.373 e. The Kier molecular flexibility index (Phi) is 13.3. The molecule has 0 aliphatic rings. The molecule has 0 radical (unpaired) electrons. The molecule has 0 saturated carbocycles. The fourth-order valence-electron chi connectivity index (χ4n) is 3.33. The first-order valence-electron chi connectivity index (χ1n) is 11.2. The Morgan fingerprint density at radius 1 is 0.690 bits per heavy atom. The molecule has 1 aromatic heterocycles. The predicted molar refractivity (Wildman–Crippen MR) is 164 cm³/mol. The number of fused-ring (bicyclic) bond motifs is 2. The molecule has 0 bridgehead atoms. The number of pyridine rings is 1. The first kappa shape index (κ1) is 34.1. The van der Waals surface area contributed by atoms with Gasteiger partial charge in [-0.15, -0.1) is 0 Å². The Balaban J connectivity index is 0.000000236. The van der Waals surface area contributed by atoms with Crippen LogP contribution < -0.4 is 5.32 Å².